The molecular formula is C17H9Cl2NS. The molecular weight excluding hydrogens is 321 g/mol. The van der Waals surface area contributed by atoms with E-state index in [1.54, 1.807) is 23.5 Å². The van der Waals surface area contributed by atoms with Crippen LogP contribution >= 0.6 is 34.5 Å². The van der Waals surface area contributed by atoms with Crippen LogP contribution in [-0.4, -0.2) is 0 Å². The minimum atomic E-state index is 0.484. The quantitative estimate of drug-likeness (QED) is 0.508. The summed E-state index contributed by atoms with van der Waals surface area (Å²) in [7, 11) is 0. The number of nitrogens with zero attached hydrogens (tertiary/aromatic N) is 1. The maximum absolute atomic E-state index is 9.47. The molecule has 0 atom stereocenters. The van der Waals surface area contributed by atoms with Crippen molar-refractivity contribution in [3.8, 4) is 6.07 Å². The lowest BCUT2D eigenvalue weighted by Crippen LogP contribution is -1.81. The summed E-state index contributed by atoms with van der Waals surface area (Å²) in [5.74, 6) is 0. The number of benzene rings is 2. The summed E-state index contributed by atoms with van der Waals surface area (Å²) in [6.07, 6.45) is 1.83. The zero-order valence-electron chi connectivity index (χ0n) is 10.8. The summed E-state index contributed by atoms with van der Waals surface area (Å²) in [4.78, 5) is 0. The third kappa shape index (κ3) is 2.82. The van der Waals surface area contributed by atoms with Gasteiger partial charge in [-0.2, -0.15) is 5.26 Å². The van der Waals surface area contributed by atoms with E-state index in [2.05, 4.69) is 12.1 Å². The van der Waals surface area contributed by atoms with E-state index >= 15 is 0 Å². The fourth-order valence-corrected chi connectivity index (χ4v) is 3.39. The molecule has 0 unspecified atom stereocenters. The fourth-order valence-electron chi connectivity index (χ4n) is 2.13. The standard InChI is InChI=1S/C17H9Cl2NS/c18-15-6-5-11(8-16(15)19)7-12(9-20)14-10-21-17-4-2-1-3-13(14)17/h1-8,10H/b12-7+. The van der Waals surface area contributed by atoms with E-state index in [4.69, 9.17) is 23.2 Å². The van der Waals surface area contributed by atoms with Crippen LogP contribution in [0.5, 0.6) is 0 Å². The smallest absolute Gasteiger partial charge is 0.0998 e. The Morgan fingerprint density at radius 3 is 2.67 bits per heavy atom. The van der Waals surface area contributed by atoms with Crippen LogP contribution in [0, 0.1) is 11.3 Å². The lowest BCUT2D eigenvalue weighted by molar-refractivity contribution is 1.53. The van der Waals surface area contributed by atoms with Crippen LogP contribution in [-0.2, 0) is 0 Å². The number of rotatable bonds is 2. The van der Waals surface area contributed by atoms with Crippen molar-refractivity contribution in [1.29, 1.82) is 5.26 Å². The summed E-state index contributed by atoms with van der Waals surface area (Å²) >= 11 is 13.6. The number of fused-ring (bicyclic) bond motifs is 1. The molecule has 21 heavy (non-hydrogen) atoms. The van der Waals surface area contributed by atoms with Crippen molar-refractivity contribution in [1.82, 2.24) is 0 Å². The largest absolute Gasteiger partial charge is 0.192 e. The van der Waals surface area contributed by atoms with Gasteiger partial charge in [-0.1, -0.05) is 47.5 Å². The highest BCUT2D eigenvalue weighted by Gasteiger charge is 2.08. The summed E-state index contributed by atoms with van der Waals surface area (Å²) < 4.78 is 1.17. The highest BCUT2D eigenvalue weighted by atomic mass is 35.5. The molecule has 0 fully saturated rings. The van der Waals surface area contributed by atoms with Gasteiger partial charge in [0.05, 0.1) is 21.7 Å². The molecule has 2 aromatic carbocycles. The second-order valence-corrected chi connectivity index (χ2v) is 6.21. The average molecular weight is 330 g/mol. The number of thiophene rings is 1. The maximum Gasteiger partial charge on any atom is 0.0998 e. The fraction of sp³-hybridized carbons (Fsp3) is 0. The minimum Gasteiger partial charge on any atom is -0.192 e. The molecule has 0 saturated carbocycles. The first-order chi connectivity index (χ1) is 10.2. The Bertz CT molecular complexity index is 887. The number of hydrogen-bond acceptors (Lipinski definition) is 2. The van der Waals surface area contributed by atoms with E-state index in [-0.39, 0.29) is 0 Å². The van der Waals surface area contributed by atoms with Crippen LogP contribution in [0.2, 0.25) is 10.0 Å². The molecule has 1 heterocycles. The first-order valence-corrected chi connectivity index (χ1v) is 7.86. The molecule has 0 bridgehead atoms. The monoisotopic (exact) mass is 329 g/mol. The zero-order chi connectivity index (χ0) is 14.8. The van der Waals surface area contributed by atoms with Crippen LogP contribution in [0.15, 0.2) is 47.8 Å². The molecule has 102 valence electrons. The summed E-state index contributed by atoms with van der Waals surface area (Å²) in [6.45, 7) is 0. The number of allylic oxidation sites excluding steroid dienone is 1. The highest BCUT2D eigenvalue weighted by molar-refractivity contribution is 7.17. The Kier molecular flexibility index (Phi) is 3.98. The van der Waals surface area contributed by atoms with Gasteiger partial charge in [-0.05, 0) is 29.8 Å². The molecule has 4 heteroatoms. The van der Waals surface area contributed by atoms with Gasteiger partial charge in [-0.3, -0.25) is 0 Å². The second-order valence-electron chi connectivity index (χ2n) is 4.49. The van der Waals surface area contributed by atoms with Gasteiger partial charge in [0.25, 0.3) is 0 Å². The third-order valence-electron chi connectivity index (χ3n) is 3.15. The molecule has 0 amide bonds. The molecule has 1 aromatic heterocycles. The van der Waals surface area contributed by atoms with Crippen molar-refractivity contribution in [2.24, 2.45) is 0 Å². The molecule has 3 aromatic rings. The second kappa shape index (κ2) is 5.91. The predicted octanol–water partition coefficient (Wildman–Crippen LogP) is 6.27. The third-order valence-corrected chi connectivity index (χ3v) is 4.85. The van der Waals surface area contributed by atoms with E-state index in [1.165, 1.54) is 4.70 Å². The predicted molar refractivity (Wildman–Crippen MR) is 91.8 cm³/mol. The van der Waals surface area contributed by atoms with Gasteiger partial charge in [0, 0.05) is 21.0 Å². The average Bonchev–Trinajstić information content (AvgIpc) is 2.92. The first-order valence-electron chi connectivity index (χ1n) is 6.22. The Balaban J connectivity index is 2.11. The normalized spacial score (nSPS) is 11.6. The van der Waals surface area contributed by atoms with Gasteiger partial charge in [-0.25, -0.2) is 0 Å². The Morgan fingerprint density at radius 1 is 1.10 bits per heavy atom. The van der Waals surface area contributed by atoms with Gasteiger partial charge in [-0.15, -0.1) is 11.3 Å². The van der Waals surface area contributed by atoms with E-state index in [0.29, 0.717) is 15.6 Å². The molecule has 0 saturated heterocycles. The van der Waals surface area contributed by atoms with Crippen molar-refractivity contribution in [2.45, 2.75) is 0 Å². The van der Waals surface area contributed by atoms with E-state index in [9.17, 15) is 5.26 Å². The zero-order valence-corrected chi connectivity index (χ0v) is 13.1. The van der Waals surface area contributed by atoms with Gasteiger partial charge in [0.15, 0.2) is 0 Å². The summed E-state index contributed by atoms with van der Waals surface area (Å²) in [5.41, 5.74) is 2.42. The first kappa shape index (κ1) is 14.2. The Hall–Kier alpha value is -1.79. The van der Waals surface area contributed by atoms with E-state index < -0.39 is 0 Å². The van der Waals surface area contributed by atoms with Crippen LogP contribution in [0.1, 0.15) is 11.1 Å². The number of nitriles is 1. The van der Waals surface area contributed by atoms with E-state index in [1.807, 2.05) is 35.7 Å². The Labute approximate surface area is 136 Å². The van der Waals surface area contributed by atoms with Crippen LogP contribution < -0.4 is 0 Å². The molecule has 0 aliphatic heterocycles. The van der Waals surface area contributed by atoms with Crippen molar-refractivity contribution in [3.63, 3.8) is 0 Å². The van der Waals surface area contributed by atoms with Crippen molar-refractivity contribution >= 4 is 56.3 Å². The molecule has 3 rings (SSSR count). The number of hydrogen-bond donors (Lipinski definition) is 0. The molecule has 1 nitrogen and oxygen atoms in total. The lowest BCUT2D eigenvalue weighted by atomic mass is 10.0. The van der Waals surface area contributed by atoms with Gasteiger partial charge in [0.2, 0.25) is 0 Å². The minimum absolute atomic E-state index is 0.484. The SMILES string of the molecule is N#C/C(=C\c1ccc(Cl)c(Cl)c1)c1csc2ccccc12. The molecule has 0 N–H and O–H groups in total. The number of halogens is 2. The molecule has 0 radical (unpaired) electrons. The molecule has 0 aliphatic rings. The summed E-state index contributed by atoms with van der Waals surface area (Å²) in [5, 5.41) is 13.6. The van der Waals surface area contributed by atoms with Gasteiger partial charge < -0.3 is 0 Å². The van der Waals surface area contributed by atoms with Crippen LogP contribution in [0.4, 0.5) is 0 Å². The van der Waals surface area contributed by atoms with Crippen LogP contribution in [0.3, 0.4) is 0 Å². The maximum atomic E-state index is 9.47. The van der Waals surface area contributed by atoms with Gasteiger partial charge >= 0.3 is 0 Å². The van der Waals surface area contributed by atoms with Gasteiger partial charge in [0.1, 0.15) is 0 Å². The lowest BCUT2D eigenvalue weighted by Gasteiger charge is -2.00. The topological polar surface area (TPSA) is 23.8 Å². The van der Waals surface area contributed by atoms with E-state index in [0.717, 1.165) is 16.5 Å². The summed E-state index contributed by atoms with van der Waals surface area (Å²) in [6, 6.07) is 15.7. The van der Waals surface area contributed by atoms with Crippen molar-refractivity contribution in [2.75, 3.05) is 0 Å². The highest BCUT2D eigenvalue weighted by Crippen LogP contribution is 2.32. The molecule has 0 aliphatic carbocycles. The van der Waals surface area contributed by atoms with Crippen molar-refractivity contribution in [3.05, 3.63) is 69.0 Å². The molecule has 0 spiro atoms. The van der Waals surface area contributed by atoms with Crippen LogP contribution in [0.25, 0.3) is 21.7 Å². The van der Waals surface area contributed by atoms with Crippen molar-refractivity contribution < 1.29 is 0 Å². The Morgan fingerprint density at radius 2 is 1.90 bits per heavy atom.